The van der Waals surface area contributed by atoms with Gasteiger partial charge in [-0.15, -0.1) is 11.3 Å². The summed E-state index contributed by atoms with van der Waals surface area (Å²) in [6, 6.07) is 7.62. The van der Waals surface area contributed by atoms with Gasteiger partial charge in [-0.3, -0.25) is 10.1 Å². The van der Waals surface area contributed by atoms with Crippen LogP contribution in [-0.2, 0) is 11.2 Å². The Labute approximate surface area is 195 Å². The minimum Gasteiger partial charge on any atom is -0.381 e. The number of aromatic nitrogens is 4. The number of nitrogens with zero attached hydrogens (tertiary/aromatic N) is 4. The summed E-state index contributed by atoms with van der Waals surface area (Å²) in [5.41, 5.74) is 1.69. The number of hydrogen-bond acceptors (Lipinski definition) is 9. The molecule has 4 rings (SSSR count). The quantitative estimate of drug-likeness (QED) is 0.356. The Balaban J connectivity index is 1.45. The van der Waals surface area contributed by atoms with Gasteiger partial charge in [-0.1, -0.05) is 31.1 Å². The molecule has 3 heterocycles. The molecular weight excluding hydrogens is 440 g/mol. The van der Waals surface area contributed by atoms with Gasteiger partial charge in [0.25, 0.3) is 5.91 Å². The third-order valence-corrected chi connectivity index (χ3v) is 6.13. The van der Waals surface area contributed by atoms with E-state index in [9.17, 15) is 9.90 Å². The van der Waals surface area contributed by atoms with Crippen LogP contribution in [0.2, 0.25) is 0 Å². The molecule has 0 fully saturated rings. The second kappa shape index (κ2) is 9.63. The number of rotatable bonds is 8. The Bertz CT molecular complexity index is 1280. The maximum atomic E-state index is 12.5. The number of hydrogen-bond donors (Lipinski definition) is 3. The molecule has 1 aromatic carbocycles. The number of carbonyl (C=O) groups excluding carboxylic acids is 1. The Hall–Kier alpha value is -3.37. The largest absolute Gasteiger partial charge is 0.381 e. The predicted octanol–water partition coefficient (Wildman–Crippen LogP) is 3.97. The molecule has 0 radical (unpaired) electrons. The van der Waals surface area contributed by atoms with Crippen LogP contribution in [0, 0.1) is 19.8 Å². The summed E-state index contributed by atoms with van der Waals surface area (Å²) in [6.07, 6.45) is 1.30. The van der Waals surface area contributed by atoms with Crippen molar-refractivity contribution < 1.29 is 14.4 Å². The van der Waals surface area contributed by atoms with E-state index in [1.54, 1.807) is 13.1 Å². The molecular formula is C23H26N6O3S. The van der Waals surface area contributed by atoms with Crippen molar-refractivity contribution in [2.24, 2.45) is 5.92 Å². The van der Waals surface area contributed by atoms with Crippen molar-refractivity contribution in [3.63, 3.8) is 0 Å². The molecule has 0 bridgehead atoms. The van der Waals surface area contributed by atoms with Crippen LogP contribution in [0.3, 0.4) is 0 Å². The fourth-order valence-corrected chi connectivity index (χ4v) is 4.56. The third-order valence-electron chi connectivity index (χ3n) is 5.03. The lowest BCUT2D eigenvalue weighted by Gasteiger charge is -2.13. The summed E-state index contributed by atoms with van der Waals surface area (Å²) in [5.74, 6) is 1.50. The summed E-state index contributed by atoms with van der Waals surface area (Å²) < 4.78 is 5.07. The van der Waals surface area contributed by atoms with Gasteiger partial charge < -0.3 is 14.9 Å². The van der Waals surface area contributed by atoms with Crippen LogP contribution in [0.25, 0.3) is 22.2 Å². The van der Waals surface area contributed by atoms with E-state index in [-0.39, 0.29) is 6.54 Å². The van der Waals surface area contributed by atoms with Gasteiger partial charge in [0, 0.05) is 28.9 Å². The van der Waals surface area contributed by atoms with Crippen molar-refractivity contribution in [1.82, 2.24) is 20.1 Å². The molecule has 0 unspecified atom stereocenters. The first kappa shape index (κ1) is 22.8. The van der Waals surface area contributed by atoms with E-state index in [1.807, 2.05) is 31.2 Å². The van der Waals surface area contributed by atoms with Crippen LogP contribution in [0.1, 0.15) is 30.3 Å². The summed E-state index contributed by atoms with van der Waals surface area (Å²) in [5, 5.41) is 22.4. The van der Waals surface area contributed by atoms with Gasteiger partial charge in [0.05, 0.1) is 12.2 Å². The van der Waals surface area contributed by atoms with E-state index in [0.29, 0.717) is 28.6 Å². The Morgan fingerprint density at radius 3 is 2.76 bits per heavy atom. The number of amides is 1. The maximum absolute atomic E-state index is 12.5. The monoisotopic (exact) mass is 466 g/mol. The molecule has 0 saturated heterocycles. The van der Waals surface area contributed by atoms with Gasteiger partial charge in [0.2, 0.25) is 11.7 Å². The van der Waals surface area contributed by atoms with Crippen molar-refractivity contribution >= 4 is 39.0 Å². The lowest BCUT2D eigenvalue weighted by Crippen LogP contribution is -2.33. The van der Waals surface area contributed by atoms with Gasteiger partial charge in [-0.25, -0.2) is 9.97 Å². The predicted molar refractivity (Wildman–Crippen MR) is 128 cm³/mol. The summed E-state index contributed by atoms with van der Waals surface area (Å²) in [4.78, 5) is 26.7. The summed E-state index contributed by atoms with van der Waals surface area (Å²) in [6.45, 7) is 7.93. The summed E-state index contributed by atoms with van der Waals surface area (Å²) >= 11 is 1.44. The number of aryl methyl sites for hydroxylation is 2. The van der Waals surface area contributed by atoms with Crippen LogP contribution in [-0.4, -0.2) is 43.8 Å². The molecule has 0 aliphatic carbocycles. The Morgan fingerprint density at radius 1 is 1.21 bits per heavy atom. The lowest BCUT2D eigenvalue weighted by molar-refractivity contribution is -0.123. The molecule has 0 aliphatic rings. The second-order valence-electron chi connectivity index (χ2n) is 8.24. The van der Waals surface area contributed by atoms with E-state index >= 15 is 0 Å². The fraction of sp³-hybridized carbons (Fsp3) is 0.348. The first-order valence-corrected chi connectivity index (χ1v) is 11.5. The molecule has 0 saturated carbocycles. The van der Waals surface area contributed by atoms with Crippen molar-refractivity contribution in [2.45, 2.75) is 40.2 Å². The molecule has 3 aromatic heterocycles. The number of fused-ring (bicyclic) bond motifs is 1. The standard InChI is InChI=1S/C23H26N6O3S/c1-12(2)9-19-13(3)26-23(33-19)28-22(31)18(30)11-25-21-17-10-16(20-27-14(4)32-29-20)6-5-15(17)7-8-24-21/h5-8,10,12,18,30H,9,11H2,1-4H3,(H,24,25)(H,26,28,31)/t18-/m0/s1. The van der Waals surface area contributed by atoms with Gasteiger partial charge in [0.1, 0.15) is 11.9 Å². The highest BCUT2D eigenvalue weighted by molar-refractivity contribution is 7.15. The average Bonchev–Trinajstić information content (AvgIpc) is 3.36. The highest BCUT2D eigenvalue weighted by Gasteiger charge is 2.19. The minimum absolute atomic E-state index is 0.00724. The SMILES string of the molecule is Cc1nc(-c2ccc3ccnc(NC[C@H](O)C(=O)Nc4nc(C)c(CC(C)C)s4)c3c2)no1. The molecule has 172 valence electrons. The molecule has 33 heavy (non-hydrogen) atoms. The van der Waals surface area contributed by atoms with E-state index in [2.05, 4.69) is 44.6 Å². The van der Waals surface area contributed by atoms with E-state index < -0.39 is 12.0 Å². The normalized spacial score (nSPS) is 12.3. The molecule has 4 aromatic rings. The number of anilines is 2. The van der Waals surface area contributed by atoms with Crippen molar-refractivity contribution in [3.05, 3.63) is 46.9 Å². The van der Waals surface area contributed by atoms with Crippen LogP contribution in [0.4, 0.5) is 10.9 Å². The van der Waals surface area contributed by atoms with Crippen LogP contribution < -0.4 is 10.6 Å². The van der Waals surface area contributed by atoms with Gasteiger partial charge >= 0.3 is 0 Å². The third kappa shape index (κ3) is 5.35. The first-order chi connectivity index (χ1) is 15.8. The number of aliphatic hydroxyl groups excluding tert-OH is 1. The maximum Gasteiger partial charge on any atom is 0.256 e. The van der Waals surface area contributed by atoms with Crippen molar-refractivity contribution in [1.29, 1.82) is 0 Å². The van der Waals surface area contributed by atoms with Crippen LogP contribution in [0.5, 0.6) is 0 Å². The van der Waals surface area contributed by atoms with Crippen molar-refractivity contribution in [3.8, 4) is 11.4 Å². The molecule has 0 aliphatic heterocycles. The van der Waals surface area contributed by atoms with E-state index in [0.717, 1.165) is 33.3 Å². The highest BCUT2D eigenvalue weighted by atomic mass is 32.1. The number of pyridine rings is 1. The Kier molecular flexibility index (Phi) is 6.66. The van der Waals surface area contributed by atoms with Gasteiger partial charge in [-0.05, 0) is 36.8 Å². The zero-order valence-electron chi connectivity index (χ0n) is 18.9. The number of nitrogens with one attached hydrogen (secondary N) is 2. The van der Waals surface area contributed by atoms with E-state index in [1.165, 1.54) is 11.3 Å². The number of aliphatic hydroxyl groups is 1. The zero-order valence-corrected chi connectivity index (χ0v) is 19.7. The molecule has 10 heteroatoms. The summed E-state index contributed by atoms with van der Waals surface area (Å²) in [7, 11) is 0. The highest BCUT2D eigenvalue weighted by Crippen LogP contribution is 2.27. The molecule has 9 nitrogen and oxygen atoms in total. The zero-order chi connectivity index (χ0) is 23.5. The smallest absolute Gasteiger partial charge is 0.256 e. The van der Waals surface area contributed by atoms with Crippen LogP contribution >= 0.6 is 11.3 Å². The molecule has 3 N–H and O–H groups in total. The van der Waals surface area contributed by atoms with Gasteiger partial charge in [0.15, 0.2) is 5.13 Å². The first-order valence-electron chi connectivity index (χ1n) is 10.7. The number of benzene rings is 1. The minimum atomic E-state index is -1.28. The van der Waals surface area contributed by atoms with Crippen molar-refractivity contribution in [2.75, 3.05) is 17.2 Å². The second-order valence-corrected chi connectivity index (χ2v) is 9.33. The Morgan fingerprint density at radius 2 is 2.03 bits per heavy atom. The van der Waals surface area contributed by atoms with Crippen LogP contribution in [0.15, 0.2) is 35.0 Å². The topological polar surface area (TPSA) is 126 Å². The molecule has 0 spiro atoms. The average molecular weight is 467 g/mol. The van der Waals surface area contributed by atoms with E-state index in [4.69, 9.17) is 4.52 Å². The number of carbonyl (C=O) groups is 1. The molecule has 1 amide bonds. The lowest BCUT2D eigenvalue weighted by atomic mass is 10.1. The molecule has 1 atom stereocenters. The number of thiazole rings is 1. The van der Waals surface area contributed by atoms with Gasteiger partial charge in [-0.2, -0.15) is 4.98 Å². The fourth-order valence-electron chi connectivity index (χ4n) is 3.38.